The first-order valence-corrected chi connectivity index (χ1v) is 9.70. The first-order chi connectivity index (χ1) is 7.23. The molecule has 1 rings (SSSR count). The molecule has 0 saturated carbocycles. The van der Waals surface area contributed by atoms with Crippen molar-refractivity contribution in [2.24, 2.45) is 0 Å². The largest absolute Gasteiger partial charge is 0.183 e. The smallest absolute Gasteiger partial charge is 0.161 e. The highest BCUT2D eigenvalue weighted by Crippen LogP contribution is 2.36. The fourth-order valence-electron chi connectivity index (χ4n) is 2.14. The Morgan fingerprint density at radius 2 is 1.80 bits per heavy atom. The molecule has 15 heavy (non-hydrogen) atoms. The summed E-state index contributed by atoms with van der Waals surface area (Å²) in [6.07, 6.45) is 13.0. The molecule has 0 saturated heterocycles. The zero-order valence-electron chi connectivity index (χ0n) is 10.1. The minimum absolute atomic E-state index is 1.13. The molecule has 0 atom stereocenters. The lowest BCUT2D eigenvalue weighted by Gasteiger charge is -2.26. The zero-order chi connectivity index (χ0) is 11.1. The summed E-state index contributed by atoms with van der Waals surface area (Å²) in [7, 11) is -1.59. The molecule has 86 valence electrons. The van der Waals surface area contributed by atoms with Crippen molar-refractivity contribution in [1.29, 1.82) is 0 Å². The van der Waals surface area contributed by atoms with Crippen LogP contribution in [-0.2, 0) is 0 Å². The summed E-state index contributed by atoms with van der Waals surface area (Å²) in [6.45, 7) is 4.51. The van der Waals surface area contributed by atoms with E-state index in [1.54, 1.807) is 5.20 Å². The summed E-state index contributed by atoms with van der Waals surface area (Å²) >= 11 is 6.93. The third-order valence-electron chi connectivity index (χ3n) is 3.20. The van der Waals surface area contributed by atoms with Crippen LogP contribution >= 0.6 is 11.1 Å². The second-order valence-corrected chi connectivity index (χ2v) is 10.2. The van der Waals surface area contributed by atoms with Crippen LogP contribution in [0, 0.1) is 0 Å². The van der Waals surface area contributed by atoms with Gasteiger partial charge in [-0.1, -0.05) is 63.0 Å². The van der Waals surface area contributed by atoms with Crippen LogP contribution in [0.25, 0.3) is 0 Å². The molecule has 0 aliphatic heterocycles. The van der Waals surface area contributed by atoms with Crippen LogP contribution < -0.4 is 0 Å². The Hall–Kier alpha value is -0.0131. The molecule has 0 nitrogen and oxygen atoms in total. The van der Waals surface area contributed by atoms with Gasteiger partial charge in [-0.2, -0.15) is 11.1 Å². The van der Waals surface area contributed by atoms with Crippen LogP contribution in [0.1, 0.15) is 46.0 Å². The van der Waals surface area contributed by atoms with Crippen molar-refractivity contribution in [3.63, 3.8) is 0 Å². The molecule has 0 N–H and O–H groups in total. The van der Waals surface area contributed by atoms with Gasteiger partial charge in [0.2, 0.25) is 0 Å². The molecule has 0 fully saturated rings. The molecular weight excluding hydrogens is 220 g/mol. The molecule has 0 aromatic heterocycles. The van der Waals surface area contributed by atoms with Gasteiger partial charge in [-0.15, -0.1) is 0 Å². The Bertz CT molecular complexity index is 235. The highest BCUT2D eigenvalue weighted by Gasteiger charge is 2.33. The van der Waals surface area contributed by atoms with E-state index in [2.05, 4.69) is 32.1 Å². The molecule has 0 aromatic rings. The van der Waals surface area contributed by atoms with Gasteiger partial charge < -0.3 is 0 Å². The average molecular weight is 243 g/mol. The van der Waals surface area contributed by atoms with Crippen LogP contribution in [0.4, 0.5) is 0 Å². The second kappa shape index (κ2) is 6.54. The van der Waals surface area contributed by atoms with Gasteiger partial charge in [0.05, 0.1) is 0 Å². The Kier molecular flexibility index (Phi) is 5.69. The first kappa shape index (κ1) is 13.1. The Labute approximate surface area is 100 Å². The molecule has 0 heterocycles. The van der Waals surface area contributed by atoms with E-state index in [0.29, 0.717) is 0 Å². The van der Waals surface area contributed by atoms with Gasteiger partial charge >= 0.3 is 0 Å². The fourth-order valence-corrected chi connectivity index (χ4v) is 6.96. The summed E-state index contributed by atoms with van der Waals surface area (Å²) < 4.78 is 0. The fraction of sp³-hybridized carbons (Fsp3) is 0.692. The number of hydrogen-bond acceptors (Lipinski definition) is 0. The minimum Gasteiger partial charge on any atom is -0.161 e. The van der Waals surface area contributed by atoms with E-state index in [4.69, 9.17) is 11.1 Å². The molecule has 0 aromatic carbocycles. The van der Waals surface area contributed by atoms with E-state index < -0.39 is 7.38 Å². The van der Waals surface area contributed by atoms with Crippen molar-refractivity contribution < 1.29 is 0 Å². The quantitative estimate of drug-likeness (QED) is 0.425. The lowest BCUT2D eigenvalue weighted by molar-refractivity contribution is 0.837. The predicted octanol–water partition coefficient (Wildman–Crippen LogP) is 5.20. The number of halogens is 1. The summed E-state index contributed by atoms with van der Waals surface area (Å²) in [5.41, 5.74) is 0. The molecule has 2 heteroatoms. The summed E-state index contributed by atoms with van der Waals surface area (Å²) in [5.74, 6) is 0. The molecule has 0 unspecified atom stereocenters. The van der Waals surface area contributed by atoms with Gasteiger partial charge in [0.15, 0.2) is 7.38 Å². The van der Waals surface area contributed by atoms with Gasteiger partial charge in [0.1, 0.15) is 0 Å². The lowest BCUT2D eigenvalue weighted by atomic mass is 10.4. The van der Waals surface area contributed by atoms with Crippen molar-refractivity contribution >= 4 is 18.5 Å². The van der Waals surface area contributed by atoms with Crippen LogP contribution in [0.2, 0.25) is 12.1 Å². The van der Waals surface area contributed by atoms with Gasteiger partial charge in [0.25, 0.3) is 0 Å². The van der Waals surface area contributed by atoms with E-state index in [9.17, 15) is 0 Å². The topological polar surface area (TPSA) is 0 Å². The third kappa shape index (κ3) is 3.80. The average Bonchev–Trinajstić information content (AvgIpc) is 2.77. The minimum atomic E-state index is -1.59. The van der Waals surface area contributed by atoms with Crippen molar-refractivity contribution in [3.05, 3.63) is 23.4 Å². The van der Waals surface area contributed by atoms with Crippen LogP contribution in [0.5, 0.6) is 0 Å². The molecule has 0 spiro atoms. The third-order valence-corrected chi connectivity index (χ3v) is 8.88. The standard InChI is InChI=1S/C13H23ClSi/c1-3-5-11-15(14,12-6-4-2)13-9-7-8-10-13/h7-9H,3-6,10-12H2,1-2H3. The highest BCUT2D eigenvalue weighted by atomic mass is 35.6. The molecule has 0 radical (unpaired) electrons. The van der Waals surface area contributed by atoms with E-state index in [1.165, 1.54) is 37.8 Å². The van der Waals surface area contributed by atoms with Crippen LogP contribution in [0.15, 0.2) is 23.4 Å². The summed E-state index contributed by atoms with van der Waals surface area (Å²) in [6, 6.07) is 2.55. The van der Waals surface area contributed by atoms with Gasteiger partial charge in [-0.25, -0.2) is 0 Å². The molecule has 1 aliphatic rings. The van der Waals surface area contributed by atoms with Gasteiger partial charge in [-0.05, 0) is 18.5 Å². The number of hydrogen-bond donors (Lipinski definition) is 0. The maximum absolute atomic E-state index is 6.93. The van der Waals surface area contributed by atoms with Crippen molar-refractivity contribution in [2.75, 3.05) is 0 Å². The first-order valence-electron chi connectivity index (χ1n) is 6.28. The van der Waals surface area contributed by atoms with Gasteiger partial charge in [0, 0.05) is 0 Å². The Morgan fingerprint density at radius 3 is 2.20 bits per heavy atom. The van der Waals surface area contributed by atoms with Crippen molar-refractivity contribution in [1.82, 2.24) is 0 Å². The molecule has 0 bridgehead atoms. The molecule has 0 amide bonds. The molecule has 1 aliphatic carbocycles. The SMILES string of the molecule is CCCC[Si](Cl)(CCCC)C1=CC=CC1. The van der Waals surface area contributed by atoms with Crippen LogP contribution in [-0.4, -0.2) is 7.38 Å². The van der Waals surface area contributed by atoms with Gasteiger partial charge in [-0.3, -0.25) is 0 Å². The summed E-state index contributed by atoms with van der Waals surface area (Å²) in [5, 5.41) is 1.58. The summed E-state index contributed by atoms with van der Waals surface area (Å²) in [4.78, 5) is 0. The maximum Gasteiger partial charge on any atom is 0.183 e. The van der Waals surface area contributed by atoms with E-state index in [0.717, 1.165) is 6.42 Å². The number of rotatable bonds is 7. The highest BCUT2D eigenvalue weighted by molar-refractivity contribution is 7.24. The normalized spacial score (nSPS) is 15.8. The number of allylic oxidation sites excluding steroid dienone is 4. The monoisotopic (exact) mass is 242 g/mol. The van der Waals surface area contributed by atoms with Crippen molar-refractivity contribution in [2.45, 2.75) is 58.0 Å². The molecular formula is C13H23ClSi. The second-order valence-electron chi connectivity index (χ2n) is 4.50. The van der Waals surface area contributed by atoms with Crippen molar-refractivity contribution in [3.8, 4) is 0 Å². The van der Waals surface area contributed by atoms with E-state index in [-0.39, 0.29) is 0 Å². The predicted molar refractivity (Wildman–Crippen MR) is 72.9 cm³/mol. The lowest BCUT2D eigenvalue weighted by Crippen LogP contribution is -2.29. The number of unbranched alkanes of at least 4 members (excludes halogenated alkanes) is 2. The Morgan fingerprint density at radius 1 is 1.20 bits per heavy atom. The van der Waals surface area contributed by atoms with Crippen LogP contribution in [0.3, 0.4) is 0 Å². The Balaban J connectivity index is 2.58. The van der Waals surface area contributed by atoms with E-state index >= 15 is 0 Å². The zero-order valence-corrected chi connectivity index (χ0v) is 11.8. The van der Waals surface area contributed by atoms with E-state index in [1.807, 2.05) is 0 Å². The maximum atomic E-state index is 6.93.